The first-order chi connectivity index (χ1) is 3.18. The molecule has 0 unspecified atom stereocenters. The molecule has 1 N–H and O–H groups in total. The summed E-state index contributed by atoms with van der Waals surface area (Å²) in [6.07, 6.45) is 0. The number of carboxylic acid groups (broad SMARTS) is 1. The van der Waals surface area contributed by atoms with Gasteiger partial charge >= 0.3 is 7.45 Å². The summed E-state index contributed by atoms with van der Waals surface area (Å²) in [5.74, 6) is -1.26. The fraction of sp³-hybridized carbons (Fsp3) is 0.500. The van der Waals surface area contributed by atoms with E-state index in [0.717, 1.165) is 0 Å². The van der Waals surface area contributed by atoms with Crippen molar-refractivity contribution in [2.75, 3.05) is 7.11 Å². The number of hydrogen-bond donors (Lipinski definition) is 1. The summed E-state index contributed by atoms with van der Waals surface area (Å²) in [5, 5.41) is 7.87. The van der Waals surface area contributed by atoms with Gasteiger partial charge in [0.2, 0.25) is 0 Å². The summed E-state index contributed by atoms with van der Waals surface area (Å²) in [5.41, 5.74) is 0. The molecule has 0 spiro atoms. The first-order valence-corrected chi connectivity index (χ1v) is 1.36. The Morgan fingerprint density at radius 2 is 2.83 bits per heavy atom. The molecule has 0 aliphatic carbocycles. The fourth-order valence-corrected chi connectivity index (χ4v) is 0.101. The normalized spacial score (nSPS) is 9.83. The van der Waals surface area contributed by atoms with Gasteiger partial charge in [-0.25, -0.2) is 0 Å². The van der Waals surface area contributed by atoms with Crippen molar-refractivity contribution in [2.45, 2.75) is 0 Å². The van der Waals surface area contributed by atoms with E-state index in [-0.39, 0.29) is 0 Å². The molecular weight excluding hydrogens is 82.8 g/mol. The molecule has 4 heteroatoms. The van der Waals surface area contributed by atoms with Gasteiger partial charge in [0.05, 0.1) is 0 Å². The molecule has 0 amide bonds. The van der Waals surface area contributed by atoms with Crippen LogP contribution in [0.5, 0.6) is 0 Å². The zero-order chi connectivity index (χ0) is 5.86. The maximum atomic E-state index is 9.62. The van der Waals surface area contributed by atoms with E-state index < -0.39 is 13.3 Å². The van der Waals surface area contributed by atoms with Gasteiger partial charge in [0.25, 0.3) is 5.87 Å². The molecule has 0 bridgehead atoms. The maximum Gasteiger partial charge on any atom is 0.406 e. The molecule has 0 atom stereocenters. The number of carbonyl (C=O) groups is 1. The first kappa shape index (κ1) is 3.68. The lowest BCUT2D eigenvalue weighted by Crippen LogP contribution is -2.06. The van der Waals surface area contributed by atoms with Gasteiger partial charge in [0.1, 0.15) is 0 Å². The zero-order valence-electron chi connectivity index (χ0n) is 4.34. The summed E-state index contributed by atoms with van der Waals surface area (Å²) < 4.78 is 10.5. The maximum absolute atomic E-state index is 9.62. The van der Waals surface area contributed by atoms with Gasteiger partial charge in [-0.1, -0.05) is 0 Å². The van der Waals surface area contributed by atoms with Gasteiger partial charge in [0, 0.05) is 8.45 Å². The van der Waals surface area contributed by atoms with E-state index in [1.54, 1.807) is 0 Å². The molecule has 0 radical (unpaired) electrons. The van der Waals surface area contributed by atoms with E-state index in [0.29, 0.717) is 0 Å². The fourth-order valence-electron chi connectivity index (χ4n) is 0.101. The lowest BCUT2D eigenvalue weighted by molar-refractivity contribution is 0.215. The van der Waals surface area contributed by atoms with Gasteiger partial charge in [-0.2, -0.15) is 0 Å². The van der Waals surface area contributed by atoms with Crippen molar-refractivity contribution in [3.8, 4) is 0 Å². The summed E-state index contributed by atoms with van der Waals surface area (Å²) in [6, 6.07) is 0. The monoisotopic (exact) mass is 89.0 g/mol. The van der Waals surface area contributed by atoms with E-state index in [4.69, 9.17) is 6.44 Å². The molecule has 0 rings (SSSR count). The van der Waals surface area contributed by atoms with Crippen molar-refractivity contribution < 1.29 is 14.6 Å². The molecule has 0 aliphatic heterocycles. The van der Waals surface area contributed by atoms with Gasteiger partial charge in [-0.05, 0) is 0 Å². The van der Waals surface area contributed by atoms with E-state index in [1.807, 2.05) is 0 Å². The molecule has 0 heterocycles. The van der Waals surface area contributed by atoms with Crippen LogP contribution in [0.25, 0.3) is 0 Å². The van der Waals surface area contributed by atoms with Crippen molar-refractivity contribution in [1.29, 1.82) is 1.34 Å². The Balaban J connectivity index is 3.34. The molecular formula is C2H5BO3. The van der Waals surface area contributed by atoms with Crippen LogP contribution in [-0.2, 0) is 4.65 Å². The predicted octanol–water partition coefficient (Wildman–Crippen LogP) is -0.338. The SMILES string of the molecule is [2H]B(OC)C(=O)O. The third kappa shape index (κ3) is 3.49. The molecule has 3 nitrogen and oxygen atoms in total. The molecule has 34 valence electrons. The minimum absolute atomic E-state index is 1.17. The summed E-state index contributed by atoms with van der Waals surface area (Å²) in [7, 11) is -0.258. The predicted molar refractivity (Wildman–Crippen MR) is 22.2 cm³/mol. The third-order valence-electron chi connectivity index (χ3n) is 0.219. The van der Waals surface area contributed by atoms with E-state index in [9.17, 15) is 4.79 Å². The Hall–Kier alpha value is -0.505. The van der Waals surface area contributed by atoms with E-state index in [2.05, 4.69) is 4.65 Å². The van der Waals surface area contributed by atoms with Crippen molar-refractivity contribution >= 4 is 13.3 Å². The average molecular weight is 88.9 g/mol. The van der Waals surface area contributed by atoms with Gasteiger partial charge in [0.15, 0.2) is 0 Å². The minimum atomic E-state index is -1.43. The van der Waals surface area contributed by atoms with Crippen LogP contribution in [0.2, 0.25) is 0 Å². The number of rotatable bonds is 2. The largest absolute Gasteiger partial charge is 0.487 e. The topological polar surface area (TPSA) is 46.5 Å². The van der Waals surface area contributed by atoms with Crippen LogP contribution in [0, 0.1) is 0 Å². The smallest absolute Gasteiger partial charge is 0.406 e. The molecule has 0 aliphatic rings. The molecule has 6 heavy (non-hydrogen) atoms. The number of hydrogen-bond acceptors (Lipinski definition) is 2. The Labute approximate surface area is 37.6 Å². The van der Waals surface area contributed by atoms with Gasteiger partial charge in [-0.15, -0.1) is 0 Å². The van der Waals surface area contributed by atoms with Crippen molar-refractivity contribution in [3.05, 3.63) is 0 Å². The molecule has 0 fully saturated rings. The van der Waals surface area contributed by atoms with Gasteiger partial charge < -0.3 is 9.76 Å². The highest BCUT2D eigenvalue weighted by Crippen LogP contribution is 1.61. The van der Waals surface area contributed by atoms with Crippen LogP contribution in [0.4, 0.5) is 4.79 Å². The highest BCUT2D eigenvalue weighted by Gasteiger charge is 1.94. The first-order valence-electron chi connectivity index (χ1n) is 1.94. The zero-order valence-corrected chi connectivity index (χ0v) is 3.34. The minimum Gasteiger partial charge on any atom is -0.487 e. The second-order valence-electron chi connectivity index (χ2n) is 0.692. The summed E-state index contributed by atoms with van der Waals surface area (Å²) in [4.78, 5) is 9.62. The van der Waals surface area contributed by atoms with Crippen LogP contribution in [0.1, 0.15) is 0 Å². The van der Waals surface area contributed by atoms with Crippen molar-refractivity contribution in [3.63, 3.8) is 0 Å². The molecule has 0 saturated heterocycles. The van der Waals surface area contributed by atoms with Crippen LogP contribution in [0.3, 0.4) is 0 Å². The summed E-state index contributed by atoms with van der Waals surface area (Å²) >= 11 is 0. The Bertz CT molecular complexity index is 75.3. The van der Waals surface area contributed by atoms with Crippen LogP contribution in [-0.4, -0.2) is 26.9 Å². The Morgan fingerprint density at radius 1 is 2.33 bits per heavy atom. The molecule has 0 aromatic carbocycles. The second-order valence-corrected chi connectivity index (χ2v) is 0.692. The van der Waals surface area contributed by atoms with E-state index >= 15 is 0 Å². The van der Waals surface area contributed by atoms with Crippen LogP contribution < -0.4 is 0 Å². The van der Waals surface area contributed by atoms with E-state index in [1.165, 1.54) is 7.11 Å². The van der Waals surface area contributed by atoms with Crippen LogP contribution >= 0.6 is 0 Å². The van der Waals surface area contributed by atoms with Crippen LogP contribution in [0.15, 0.2) is 0 Å². The highest BCUT2D eigenvalue weighted by atomic mass is 16.4. The highest BCUT2D eigenvalue weighted by molar-refractivity contribution is 6.66. The quantitative estimate of drug-likeness (QED) is 0.470. The average Bonchev–Trinajstić information content (AvgIpc) is 1.65. The Kier molecular flexibility index (Phi) is 1.67. The molecule has 0 saturated carbocycles. The van der Waals surface area contributed by atoms with Crippen molar-refractivity contribution in [2.24, 2.45) is 0 Å². The van der Waals surface area contributed by atoms with Gasteiger partial charge in [-0.3, -0.25) is 4.79 Å². The lowest BCUT2D eigenvalue weighted by atomic mass is 10.0. The standard InChI is InChI=1S/C2H5BO3/c1-6-3-2(4)5/h3H,1H3,(H,4,5)/i3D. The lowest BCUT2D eigenvalue weighted by Gasteiger charge is -1.80. The summed E-state index contributed by atoms with van der Waals surface area (Å²) in [6.45, 7) is 0. The third-order valence-corrected chi connectivity index (χ3v) is 0.219. The Morgan fingerprint density at radius 3 is 2.83 bits per heavy atom. The molecule has 0 aromatic rings. The molecule has 0 aromatic heterocycles. The van der Waals surface area contributed by atoms with Crippen molar-refractivity contribution in [1.82, 2.24) is 0 Å². The second kappa shape index (κ2) is 2.72.